The molecule has 8 nitrogen and oxygen atoms in total. The van der Waals surface area contributed by atoms with Crippen molar-refractivity contribution in [3.8, 4) is 0 Å². The number of aromatic nitrogens is 2. The summed E-state index contributed by atoms with van der Waals surface area (Å²) in [6.07, 6.45) is 6.79. The second kappa shape index (κ2) is 8.48. The van der Waals surface area contributed by atoms with Gasteiger partial charge in [-0.25, -0.2) is 22.9 Å². The summed E-state index contributed by atoms with van der Waals surface area (Å²) in [6, 6.07) is 2.14. The molecule has 0 aliphatic heterocycles. The molecule has 154 valence electrons. The smallest absolute Gasteiger partial charge is 0.341 e. The summed E-state index contributed by atoms with van der Waals surface area (Å²) in [5, 5.41) is 0.882. The van der Waals surface area contributed by atoms with Gasteiger partial charge in [0.15, 0.2) is 0 Å². The van der Waals surface area contributed by atoms with Gasteiger partial charge in [-0.2, -0.15) is 0 Å². The van der Waals surface area contributed by atoms with Crippen molar-refractivity contribution >= 4 is 32.7 Å². The highest BCUT2D eigenvalue weighted by Gasteiger charge is 2.30. The summed E-state index contributed by atoms with van der Waals surface area (Å²) in [4.78, 5) is 22.0. The Kier molecular flexibility index (Phi) is 6.24. The van der Waals surface area contributed by atoms with Crippen LogP contribution in [0.5, 0.6) is 0 Å². The second-order valence-electron chi connectivity index (χ2n) is 7.25. The summed E-state index contributed by atoms with van der Waals surface area (Å²) in [7, 11) is 0.250. The third-order valence-electron chi connectivity index (χ3n) is 5.54. The fourth-order valence-corrected chi connectivity index (χ4v) is 5.13. The zero-order valence-corrected chi connectivity index (χ0v) is 17.4. The van der Waals surface area contributed by atoms with Crippen molar-refractivity contribution in [2.45, 2.75) is 38.6 Å². The summed E-state index contributed by atoms with van der Waals surface area (Å²) in [5.74, 6) is -0.0456. The van der Waals surface area contributed by atoms with Crippen molar-refractivity contribution < 1.29 is 17.9 Å². The molecular formula is C19H28N4O4S. The van der Waals surface area contributed by atoms with Crippen LogP contribution in [-0.4, -0.2) is 56.9 Å². The summed E-state index contributed by atoms with van der Waals surface area (Å²) in [5.41, 5.74) is 2.00. The lowest BCUT2D eigenvalue weighted by Crippen LogP contribution is -2.38. The van der Waals surface area contributed by atoms with E-state index in [0.29, 0.717) is 12.2 Å². The van der Waals surface area contributed by atoms with Crippen LogP contribution >= 0.6 is 0 Å². The lowest BCUT2D eigenvalue weighted by molar-refractivity contribution is 0.0526. The van der Waals surface area contributed by atoms with Crippen molar-refractivity contribution in [2.75, 3.05) is 31.4 Å². The van der Waals surface area contributed by atoms with E-state index in [-0.39, 0.29) is 23.7 Å². The van der Waals surface area contributed by atoms with Gasteiger partial charge in [-0.15, -0.1) is 0 Å². The van der Waals surface area contributed by atoms with Gasteiger partial charge in [0, 0.05) is 30.9 Å². The van der Waals surface area contributed by atoms with Gasteiger partial charge >= 0.3 is 5.97 Å². The SMILES string of the molecule is CCOC(=O)c1cnc2[nH]ccc2c1N(C)[C@H]1CC[C@H](CS(=O)(=O)NC)CC1. The Bertz CT molecular complexity index is 933. The van der Waals surface area contributed by atoms with E-state index >= 15 is 0 Å². The fraction of sp³-hybridized carbons (Fsp3) is 0.579. The molecular weight excluding hydrogens is 380 g/mol. The van der Waals surface area contributed by atoms with Crippen LogP contribution in [0.2, 0.25) is 0 Å². The number of nitrogens with zero attached hydrogens (tertiary/aromatic N) is 2. The van der Waals surface area contributed by atoms with Crippen molar-refractivity contribution in [1.82, 2.24) is 14.7 Å². The molecule has 0 atom stereocenters. The van der Waals surface area contributed by atoms with Gasteiger partial charge in [0.25, 0.3) is 0 Å². The average molecular weight is 409 g/mol. The van der Waals surface area contributed by atoms with Crippen LogP contribution < -0.4 is 9.62 Å². The number of esters is 1. The van der Waals surface area contributed by atoms with Gasteiger partial charge in [-0.3, -0.25) is 0 Å². The number of hydrogen-bond donors (Lipinski definition) is 2. The molecule has 2 aromatic rings. The molecule has 0 amide bonds. The molecule has 2 heterocycles. The van der Waals surface area contributed by atoms with Gasteiger partial charge in [-0.05, 0) is 51.6 Å². The highest BCUT2D eigenvalue weighted by atomic mass is 32.2. The molecule has 1 fully saturated rings. The number of hydrogen-bond acceptors (Lipinski definition) is 6. The van der Waals surface area contributed by atoms with Crippen LogP contribution in [0.4, 0.5) is 5.69 Å². The van der Waals surface area contributed by atoms with E-state index in [1.807, 2.05) is 19.3 Å². The van der Waals surface area contributed by atoms with Crippen molar-refractivity contribution in [2.24, 2.45) is 5.92 Å². The molecule has 1 aliphatic carbocycles. The molecule has 2 aromatic heterocycles. The first-order chi connectivity index (χ1) is 13.4. The third-order valence-corrected chi connectivity index (χ3v) is 7.07. The summed E-state index contributed by atoms with van der Waals surface area (Å²) < 4.78 is 31.3. The Balaban J connectivity index is 1.82. The number of carbonyl (C=O) groups excluding carboxylic acids is 1. The molecule has 0 aromatic carbocycles. The highest BCUT2D eigenvalue weighted by molar-refractivity contribution is 7.89. The Morgan fingerprint density at radius 3 is 2.71 bits per heavy atom. The quantitative estimate of drug-likeness (QED) is 0.681. The Morgan fingerprint density at radius 2 is 2.07 bits per heavy atom. The van der Waals surface area contributed by atoms with Gasteiger partial charge in [0.05, 0.1) is 18.0 Å². The number of aromatic amines is 1. The lowest BCUT2D eigenvalue weighted by atomic mass is 9.86. The number of sulfonamides is 1. The van der Waals surface area contributed by atoms with E-state index in [0.717, 1.165) is 42.4 Å². The molecule has 0 bridgehead atoms. The zero-order chi connectivity index (χ0) is 20.3. The van der Waals surface area contributed by atoms with E-state index in [4.69, 9.17) is 4.74 Å². The number of pyridine rings is 1. The van der Waals surface area contributed by atoms with Crippen LogP contribution in [0.1, 0.15) is 43.0 Å². The van der Waals surface area contributed by atoms with E-state index in [9.17, 15) is 13.2 Å². The predicted octanol–water partition coefficient (Wildman–Crippen LogP) is 2.28. The molecule has 2 N–H and O–H groups in total. The molecule has 0 spiro atoms. The largest absolute Gasteiger partial charge is 0.462 e. The highest BCUT2D eigenvalue weighted by Crippen LogP contribution is 2.35. The second-order valence-corrected chi connectivity index (χ2v) is 9.22. The predicted molar refractivity (Wildman–Crippen MR) is 109 cm³/mol. The fourth-order valence-electron chi connectivity index (χ4n) is 4.01. The maximum atomic E-state index is 12.5. The minimum Gasteiger partial charge on any atom is -0.462 e. The van der Waals surface area contributed by atoms with E-state index in [2.05, 4.69) is 19.6 Å². The van der Waals surface area contributed by atoms with Crippen LogP contribution in [0, 0.1) is 5.92 Å². The number of anilines is 1. The monoisotopic (exact) mass is 408 g/mol. The minimum absolute atomic E-state index is 0.163. The number of rotatable bonds is 7. The third kappa shape index (κ3) is 4.30. The van der Waals surface area contributed by atoms with Gasteiger partial charge in [0.1, 0.15) is 11.2 Å². The first kappa shape index (κ1) is 20.6. The van der Waals surface area contributed by atoms with Crippen molar-refractivity contribution in [1.29, 1.82) is 0 Å². The van der Waals surface area contributed by atoms with E-state index < -0.39 is 10.0 Å². The zero-order valence-electron chi connectivity index (χ0n) is 16.6. The molecule has 28 heavy (non-hydrogen) atoms. The van der Waals surface area contributed by atoms with Crippen molar-refractivity contribution in [3.63, 3.8) is 0 Å². The van der Waals surface area contributed by atoms with Gasteiger partial charge < -0.3 is 14.6 Å². The summed E-state index contributed by atoms with van der Waals surface area (Å²) >= 11 is 0. The molecule has 3 rings (SSSR count). The molecule has 0 radical (unpaired) electrons. The Labute approximate surface area is 165 Å². The maximum Gasteiger partial charge on any atom is 0.341 e. The Morgan fingerprint density at radius 1 is 1.36 bits per heavy atom. The van der Waals surface area contributed by atoms with Crippen LogP contribution in [-0.2, 0) is 14.8 Å². The van der Waals surface area contributed by atoms with E-state index in [1.54, 1.807) is 13.1 Å². The Hall–Kier alpha value is -2.13. The van der Waals surface area contributed by atoms with E-state index in [1.165, 1.54) is 7.05 Å². The molecule has 0 saturated heterocycles. The standard InChI is InChI=1S/C19H28N4O4S/c1-4-27-19(24)16-11-22-18-15(9-10-21-18)17(16)23(3)14-7-5-13(6-8-14)12-28(25,26)20-2/h9-11,13-14,20H,4-8,12H2,1-3H3,(H,21,22)/t13-,14-. The molecule has 1 saturated carbocycles. The first-order valence-electron chi connectivity index (χ1n) is 9.63. The van der Waals surface area contributed by atoms with Crippen LogP contribution in [0.25, 0.3) is 11.0 Å². The van der Waals surface area contributed by atoms with Crippen molar-refractivity contribution in [3.05, 3.63) is 24.0 Å². The average Bonchev–Trinajstić information content (AvgIpc) is 3.16. The number of nitrogens with one attached hydrogen (secondary N) is 2. The topological polar surface area (TPSA) is 104 Å². The molecule has 0 unspecified atom stereocenters. The minimum atomic E-state index is -3.19. The number of H-pyrrole nitrogens is 1. The summed E-state index contributed by atoms with van der Waals surface area (Å²) in [6.45, 7) is 2.09. The number of ether oxygens (including phenoxy) is 1. The molecule has 1 aliphatic rings. The maximum absolute atomic E-state index is 12.5. The normalized spacial score (nSPS) is 20.2. The lowest BCUT2D eigenvalue weighted by Gasteiger charge is -2.36. The number of fused-ring (bicyclic) bond motifs is 1. The number of carbonyl (C=O) groups is 1. The van der Waals surface area contributed by atoms with Gasteiger partial charge in [0.2, 0.25) is 10.0 Å². The molecule has 9 heteroatoms. The first-order valence-corrected chi connectivity index (χ1v) is 11.3. The van der Waals surface area contributed by atoms with Crippen LogP contribution in [0.15, 0.2) is 18.5 Å². The van der Waals surface area contributed by atoms with Crippen LogP contribution in [0.3, 0.4) is 0 Å². The van der Waals surface area contributed by atoms with Gasteiger partial charge in [-0.1, -0.05) is 0 Å².